The molecule has 0 bridgehead atoms. The van der Waals surface area contributed by atoms with Crippen molar-refractivity contribution in [2.24, 2.45) is 0 Å². The summed E-state index contributed by atoms with van der Waals surface area (Å²) in [6, 6.07) is 2.84. The third-order valence-corrected chi connectivity index (χ3v) is 3.39. The van der Waals surface area contributed by atoms with Crippen molar-refractivity contribution in [1.29, 1.82) is 0 Å². The smallest absolute Gasteiger partial charge is 0.149 e. The van der Waals surface area contributed by atoms with Crippen molar-refractivity contribution in [3.8, 4) is 0 Å². The Kier molecular flexibility index (Phi) is 5.31. The summed E-state index contributed by atoms with van der Waals surface area (Å²) in [5.74, 6) is -0.986. The predicted octanol–water partition coefficient (Wildman–Crippen LogP) is 2.69. The van der Waals surface area contributed by atoms with Gasteiger partial charge in [0.25, 0.3) is 0 Å². The van der Waals surface area contributed by atoms with E-state index >= 15 is 0 Å². The number of morpholine rings is 1. The van der Waals surface area contributed by atoms with Crippen molar-refractivity contribution in [3.05, 3.63) is 29.3 Å². The molecule has 0 saturated carbocycles. The molecule has 1 aliphatic rings. The van der Waals surface area contributed by atoms with Crippen molar-refractivity contribution >= 4 is 5.69 Å². The first-order valence-corrected chi connectivity index (χ1v) is 7.17. The van der Waals surface area contributed by atoms with Gasteiger partial charge < -0.3 is 15.0 Å². The number of benzene rings is 1. The Morgan fingerprint density at radius 3 is 2.65 bits per heavy atom. The third-order valence-electron chi connectivity index (χ3n) is 3.39. The Hall–Kier alpha value is -1.20. The highest BCUT2D eigenvalue weighted by atomic mass is 19.1. The Morgan fingerprint density at radius 1 is 1.35 bits per heavy atom. The summed E-state index contributed by atoms with van der Waals surface area (Å²) < 4.78 is 33.8. The van der Waals surface area contributed by atoms with Gasteiger partial charge in [0.05, 0.1) is 12.7 Å². The Bertz CT molecular complexity index is 430. The lowest BCUT2D eigenvalue weighted by Gasteiger charge is -2.33. The lowest BCUT2D eigenvalue weighted by atomic mass is 10.1. The summed E-state index contributed by atoms with van der Waals surface area (Å²) in [5, 5.41) is 3.14. The van der Waals surface area contributed by atoms with Crippen LogP contribution in [0.3, 0.4) is 0 Å². The summed E-state index contributed by atoms with van der Waals surface area (Å²) in [6.07, 6.45) is 0.989. The van der Waals surface area contributed by atoms with E-state index in [1.807, 2.05) is 6.92 Å². The predicted molar refractivity (Wildman–Crippen MR) is 76.0 cm³/mol. The van der Waals surface area contributed by atoms with Crippen molar-refractivity contribution < 1.29 is 13.5 Å². The molecule has 1 fully saturated rings. The molecule has 1 N–H and O–H groups in total. The quantitative estimate of drug-likeness (QED) is 0.841. The fourth-order valence-electron chi connectivity index (χ4n) is 2.45. The molecule has 0 aromatic heterocycles. The van der Waals surface area contributed by atoms with Gasteiger partial charge in [0, 0.05) is 19.6 Å². The second kappa shape index (κ2) is 6.99. The molecule has 3 nitrogen and oxygen atoms in total. The van der Waals surface area contributed by atoms with E-state index in [0.29, 0.717) is 31.8 Å². The molecule has 1 heterocycles. The highest BCUT2D eigenvalue weighted by molar-refractivity contribution is 5.51. The first-order chi connectivity index (χ1) is 9.61. The largest absolute Gasteiger partial charge is 0.375 e. The van der Waals surface area contributed by atoms with E-state index in [-0.39, 0.29) is 11.8 Å². The van der Waals surface area contributed by atoms with Gasteiger partial charge in [-0.15, -0.1) is 0 Å². The van der Waals surface area contributed by atoms with Gasteiger partial charge in [-0.25, -0.2) is 8.78 Å². The fraction of sp³-hybridized carbons (Fsp3) is 0.600. The van der Waals surface area contributed by atoms with Crippen LogP contribution in [-0.2, 0) is 11.3 Å². The molecule has 0 amide bonds. The third kappa shape index (κ3) is 3.67. The number of nitrogens with zero attached hydrogens (tertiary/aromatic N) is 1. The minimum absolute atomic E-state index is 0.00607. The number of hydrogen-bond acceptors (Lipinski definition) is 3. The number of ether oxygens (including phenoxy) is 1. The standard InChI is InChI=1S/C15H22F2N2O/c1-3-4-18-9-12-7-13(16)15(14(17)8-12)19-5-6-20-11(2)10-19/h7-8,11,18H,3-6,9-10H2,1-2H3. The molecule has 1 aromatic carbocycles. The first kappa shape index (κ1) is 15.2. The summed E-state index contributed by atoms with van der Waals surface area (Å²) in [4.78, 5) is 1.72. The van der Waals surface area contributed by atoms with E-state index in [1.165, 1.54) is 12.1 Å². The lowest BCUT2D eigenvalue weighted by Crippen LogP contribution is -2.42. The Balaban J connectivity index is 2.13. The van der Waals surface area contributed by atoms with Crippen LogP contribution in [-0.4, -0.2) is 32.3 Å². The second-order valence-corrected chi connectivity index (χ2v) is 5.21. The number of nitrogens with one attached hydrogen (secondary N) is 1. The van der Waals surface area contributed by atoms with Crippen molar-refractivity contribution in [1.82, 2.24) is 5.32 Å². The zero-order valence-corrected chi connectivity index (χ0v) is 12.1. The molecule has 1 unspecified atom stereocenters. The van der Waals surface area contributed by atoms with Crippen LogP contribution < -0.4 is 10.2 Å². The van der Waals surface area contributed by atoms with Crippen LogP contribution >= 0.6 is 0 Å². The monoisotopic (exact) mass is 284 g/mol. The van der Waals surface area contributed by atoms with Gasteiger partial charge in [0.2, 0.25) is 0 Å². The normalized spacial score (nSPS) is 19.4. The maximum Gasteiger partial charge on any atom is 0.149 e. The van der Waals surface area contributed by atoms with Crippen LogP contribution in [0.1, 0.15) is 25.8 Å². The topological polar surface area (TPSA) is 24.5 Å². The molecular weight excluding hydrogens is 262 g/mol. The molecule has 20 heavy (non-hydrogen) atoms. The molecule has 1 atom stereocenters. The van der Waals surface area contributed by atoms with Crippen LogP contribution in [0.5, 0.6) is 0 Å². The number of anilines is 1. The van der Waals surface area contributed by atoms with Gasteiger partial charge >= 0.3 is 0 Å². The number of hydrogen-bond donors (Lipinski definition) is 1. The molecule has 2 rings (SSSR count). The van der Waals surface area contributed by atoms with Crippen molar-refractivity contribution in [3.63, 3.8) is 0 Å². The zero-order chi connectivity index (χ0) is 14.5. The molecule has 5 heteroatoms. The van der Waals surface area contributed by atoms with Gasteiger partial charge in [0.1, 0.15) is 17.3 Å². The van der Waals surface area contributed by atoms with E-state index in [0.717, 1.165) is 13.0 Å². The SMILES string of the molecule is CCCNCc1cc(F)c(N2CCOC(C)C2)c(F)c1. The molecule has 1 aromatic rings. The fourth-order valence-corrected chi connectivity index (χ4v) is 2.45. The van der Waals surface area contributed by atoms with E-state index < -0.39 is 11.6 Å². The molecule has 0 radical (unpaired) electrons. The van der Waals surface area contributed by atoms with Crippen LogP contribution in [0, 0.1) is 11.6 Å². The Labute approximate surface area is 118 Å². The molecule has 0 spiro atoms. The maximum absolute atomic E-state index is 14.2. The van der Waals surface area contributed by atoms with Crippen molar-refractivity contribution in [2.45, 2.75) is 32.9 Å². The van der Waals surface area contributed by atoms with Gasteiger partial charge in [0.15, 0.2) is 0 Å². The van der Waals surface area contributed by atoms with Crippen LogP contribution in [0.15, 0.2) is 12.1 Å². The van der Waals surface area contributed by atoms with Crippen LogP contribution in [0.2, 0.25) is 0 Å². The van der Waals surface area contributed by atoms with E-state index in [2.05, 4.69) is 12.2 Å². The summed E-state index contributed by atoms with van der Waals surface area (Å²) in [5.41, 5.74) is 0.706. The van der Waals surface area contributed by atoms with E-state index in [1.54, 1.807) is 4.90 Å². The minimum Gasteiger partial charge on any atom is -0.375 e. The zero-order valence-electron chi connectivity index (χ0n) is 12.1. The highest BCUT2D eigenvalue weighted by Crippen LogP contribution is 2.26. The summed E-state index contributed by atoms with van der Waals surface area (Å²) in [7, 11) is 0. The van der Waals surface area contributed by atoms with Crippen LogP contribution in [0.4, 0.5) is 14.5 Å². The van der Waals surface area contributed by atoms with Gasteiger partial charge in [-0.05, 0) is 37.6 Å². The first-order valence-electron chi connectivity index (χ1n) is 7.17. The molecule has 1 saturated heterocycles. The average Bonchev–Trinajstić information content (AvgIpc) is 2.38. The Morgan fingerprint density at radius 2 is 2.05 bits per heavy atom. The minimum atomic E-state index is -0.493. The summed E-state index contributed by atoms with van der Waals surface area (Å²) >= 11 is 0. The lowest BCUT2D eigenvalue weighted by molar-refractivity contribution is 0.0527. The van der Waals surface area contributed by atoms with Crippen LogP contribution in [0.25, 0.3) is 0 Å². The molecule has 1 aliphatic heterocycles. The average molecular weight is 284 g/mol. The van der Waals surface area contributed by atoms with Gasteiger partial charge in [-0.1, -0.05) is 6.92 Å². The molecular formula is C15H22F2N2O. The maximum atomic E-state index is 14.2. The van der Waals surface area contributed by atoms with Gasteiger partial charge in [-0.2, -0.15) is 0 Å². The number of rotatable bonds is 5. The second-order valence-electron chi connectivity index (χ2n) is 5.21. The van der Waals surface area contributed by atoms with E-state index in [9.17, 15) is 8.78 Å². The van der Waals surface area contributed by atoms with Gasteiger partial charge in [-0.3, -0.25) is 0 Å². The van der Waals surface area contributed by atoms with Crippen molar-refractivity contribution in [2.75, 3.05) is 31.1 Å². The molecule has 112 valence electrons. The number of halogens is 2. The van der Waals surface area contributed by atoms with E-state index in [4.69, 9.17) is 4.74 Å². The molecule has 0 aliphatic carbocycles. The summed E-state index contributed by atoms with van der Waals surface area (Å²) in [6.45, 7) is 6.82. The highest BCUT2D eigenvalue weighted by Gasteiger charge is 2.23.